The molecule has 0 aromatic heterocycles. The monoisotopic (exact) mass is 420 g/mol. The molecule has 0 bridgehead atoms. The van der Waals surface area contributed by atoms with E-state index in [1.807, 2.05) is 101 Å². The molecule has 1 aliphatic carbocycles. The normalized spacial score (nSPS) is 15.6. The van der Waals surface area contributed by atoms with Gasteiger partial charge in [0.05, 0.1) is 5.54 Å². The average Bonchev–Trinajstić information content (AvgIpc) is 2.68. The Labute approximate surface area is 185 Å². The Morgan fingerprint density at radius 2 is 1.58 bits per heavy atom. The smallest absolute Gasteiger partial charge is 0.408 e. The van der Waals surface area contributed by atoms with Crippen LogP contribution >= 0.6 is 0 Å². The molecule has 1 aliphatic rings. The van der Waals surface area contributed by atoms with Gasteiger partial charge in [-0.2, -0.15) is 0 Å². The number of nitrogens with zero attached hydrogens (tertiary/aromatic N) is 1. The average molecular weight is 421 g/mol. The first-order valence-electron chi connectivity index (χ1n) is 10.7. The summed E-state index contributed by atoms with van der Waals surface area (Å²) in [5.41, 5.74) is 2.17. The third-order valence-corrected chi connectivity index (χ3v) is 5.36. The number of alkyl carbamates (subject to hydrolysis) is 1. The summed E-state index contributed by atoms with van der Waals surface area (Å²) in [6.07, 6.45) is 4.20. The summed E-state index contributed by atoms with van der Waals surface area (Å²) in [6.45, 7) is 5.56. The molecule has 2 aromatic rings. The van der Waals surface area contributed by atoms with Crippen LogP contribution in [0.3, 0.4) is 0 Å². The van der Waals surface area contributed by atoms with E-state index in [4.69, 9.17) is 4.74 Å². The van der Waals surface area contributed by atoms with E-state index in [2.05, 4.69) is 5.32 Å². The number of benzene rings is 2. The molecule has 1 saturated carbocycles. The number of ether oxygens (including phenoxy) is 1. The molecule has 5 nitrogen and oxygen atoms in total. The molecule has 0 radical (unpaired) electrons. The quantitative estimate of drug-likeness (QED) is 0.504. The van der Waals surface area contributed by atoms with Gasteiger partial charge in [-0.15, -0.1) is 0 Å². The minimum absolute atomic E-state index is 0.0331. The van der Waals surface area contributed by atoms with Gasteiger partial charge in [0.2, 0.25) is 0 Å². The van der Waals surface area contributed by atoms with E-state index in [9.17, 15) is 9.59 Å². The molecule has 1 N–H and O–H groups in total. The molecular weight excluding hydrogens is 388 g/mol. The minimum atomic E-state index is -0.544. The second kappa shape index (κ2) is 8.96. The standard InChI is InChI=1S/C26H32N2O3/c1-25(2,3)31-24(30)27-26(16-9-17-26)21-14-12-20(13-15-21)23(29)22(18-28(4)5)19-10-7-6-8-11-19/h6-8,10-15,18H,9,16-17H2,1-5H3,(H,27,30)/b22-18-. The molecule has 0 aliphatic heterocycles. The van der Waals surface area contributed by atoms with Crippen molar-refractivity contribution in [1.29, 1.82) is 0 Å². The van der Waals surface area contributed by atoms with Gasteiger partial charge in [-0.3, -0.25) is 4.79 Å². The molecule has 0 unspecified atom stereocenters. The number of allylic oxidation sites excluding steroid dienone is 1. The van der Waals surface area contributed by atoms with Crippen LogP contribution in [0.25, 0.3) is 5.57 Å². The van der Waals surface area contributed by atoms with Crippen molar-refractivity contribution in [3.63, 3.8) is 0 Å². The van der Waals surface area contributed by atoms with E-state index in [1.165, 1.54) is 0 Å². The highest BCUT2D eigenvalue weighted by Crippen LogP contribution is 2.41. The summed E-state index contributed by atoms with van der Waals surface area (Å²) in [4.78, 5) is 27.5. The molecule has 31 heavy (non-hydrogen) atoms. The minimum Gasteiger partial charge on any atom is -0.444 e. The number of rotatable bonds is 6. The maximum Gasteiger partial charge on any atom is 0.408 e. The Hall–Kier alpha value is -3.08. The van der Waals surface area contributed by atoms with Crippen LogP contribution in [-0.4, -0.2) is 36.5 Å². The van der Waals surface area contributed by atoms with Crippen molar-refractivity contribution in [3.05, 3.63) is 77.5 Å². The molecule has 3 rings (SSSR count). The van der Waals surface area contributed by atoms with Crippen LogP contribution in [0.4, 0.5) is 4.79 Å². The molecule has 0 spiro atoms. The summed E-state index contributed by atoms with van der Waals surface area (Å²) < 4.78 is 5.45. The highest BCUT2D eigenvalue weighted by atomic mass is 16.6. The van der Waals surface area contributed by atoms with Gasteiger partial charge in [0.15, 0.2) is 5.78 Å². The topological polar surface area (TPSA) is 58.6 Å². The van der Waals surface area contributed by atoms with E-state index in [0.717, 1.165) is 30.4 Å². The SMILES string of the molecule is CN(C)/C=C(\C(=O)c1ccc(C2(NC(=O)OC(C)(C)C)CCC2)cc1)c1ccccc1. The number of hydrogen-bond donors (Lipinski definition) is 1. The lowest BCUT2D eigenvalue weighted by molar-refractivity contribution is 0.0377. The fourth-order valence-corrected chi connectivity index (χ4v) is 3.75. The highest BCUT2D eigenvalue weighted by molar-refractivity contribution is 6.28. The van der Waals surface area contributed by atoms with Gasteiger partial charge in [-0.05, 0) is 51.2 Å². The molecule has 164 valence electrons. The Morgan fingerprint density at radius 1 is 0.968 bits per heavy atom. The predicted octanol–water partition coefficient (Wildman–Crippen LogP) is 5.38. The Kier molecular flexibility index (Phi) is 6.54. The lowest BCUT2D eigenvalue weighted by Crippen LogP contribution is -2.52. The first kappa shape index (κ1) is 22.6. The van der Waals surface area contributed by atoms with E-state index in [1.54, 1.807) is 0 Å². The summed E-state index contributed by atoms with van der Waals surface area (Å²) >= 11 is 0. The number of nitrogens with one attached hydrogen (secondary N) is 1. The Bertz CT molecular complexity index is 950. The van der Waals surface area contributed by atoms with Crippen molar-refractivity contribution in [2.24, 2.45) is 0 Å². The number of amides is 1. The highest BCUT2D eigenvalue weighted by Gasteiger charge is 2.41. The zero-order chi connectivity index (χ0) is 22.6. The number of carbonyl (C=O) groups is 2. The molecule has 0 heterocycles. The number of carbonyl (C=O) groups excluding carboxylic acids is 2. The first-order valence-corrected chi connectivity index (χ1v) is 10.7. The summed E-state index contributed by atoms with van der Waals surface area (Å²) in [7, 11) is 3.81. The summed E-state index contributed by atoms with van der Waals surface area (Å²) in [5.74, 6) is -0.0331. The number of ketones is 1. The lowest BCUT2D eigenvalue weighted by atomic mass is 9.71. The van der Waals surface area contributed by atoms with Crippen LogP contribution < -0.4 is 5.32 Å². The lowest BCUT2D eigenvalue weighted by Gasteiger charge is -2.43. The van der Waals surface area contributed by atoms with E-state index in [0.29, 0.717) is 11.1 Å². The molecule has 0 saturated heterocycles. The van der Waals surface area contributed by atoms with Gasteiger partial charge >= 0.3 is 6.09 Å². The second-order valence-electron chi connectivity index (χ2n) is 9.34. The van der Waals surface area contributed by atoms with Crippen molar-refractivity contribution < 1.29 is 14.3 Å². The van der Waals surface area contributed by atoms with Crippen LogP contribution in [-0.2, 0) is 10.3 Å². The molecule has 1 fully saturated rings. The zero-order valence-electron chi connectivity index (χ0n) is 19.1. The largest absolute Gasteiger partial charge is 0.444 e. The van der Waals surface area contributed by atoms with Gasteiger partial charge in [-0.1, -0.05) is 54.6 Å². The van der Waals surface area contributed by atoms with Crippen LogP contribution in [0, 0.1) is 0 Å². The third-order valence-electron chi connectivity index (χ3n) is 5.36. The zero-order valence-corrected chi connectivity index (χ0v) is 19.1. The molecule has 5 heteroatoms. The number of hydrogen-bond acceptors (Lipinski definition) is 4. The fraction of sp³-hybridized carbons (Fsp3) is 0.385. The fourth-order valence-electron chi connectivity index (χ4n) is 3.75. The Balaban J connectivity index is 1.83. The van der Waals surface area contributed by atoms with Crippen molar-refractivity contribution in [2.75, 3.05) is 14.1 Å². The molecular formula is C26H32N2O3. The molecule has 0 atom stereocenters. The maximum atomic E-state index is 13.3. The van der Waals surface area contributed by atoms with Crippen molar-refractivity contribution in [2.45, 2.75) is 51.2 Å². The molecule has 2 aromatic carbocycles. The van der Waals surface area contributed by atoms with E-state index < -0.39 is 17.2 Å². The summed E-state index contributed by atoms with van der Waals surface area (Å²) in [6, 6.07) is 17.3. The van der Waals surface area contributed by atoms with Crippen LogP contribution in [0.1, 0.15) is 61.5 Å². The number of Topliss-reactive ketones (excluding diaryl/α,β-unsaturated/α-hetero) is 1. The van der Waals surface area contributed by atoms with Gasteiger partial charge in [-0.25, -0.2) is 4.79 Å². The predicted molar refractivity (Wildman–Crippen MR) is 124 cm³/mol. The first-order chi connectivity index (χ1) is 14.6. The second-order valence-corrected chi connectivity index (χ2v) is 9.34. The van der Waals surface area contributed by atoms with Crippen LogP contribution in [0.2, 0.25) is 0 Å². The maximum absolute atomic E-state index is 13.3. The van der Waals surface area contributed by atoms with Gasteiger partial charge < -0.3 is 15.0 Å². The van der Waals surface area contributed by atoms with Crippen molar-refractivity contribution >= 4 is 17.4 Å². The van der Waals surface area contributed by atoms with Gasteiger partial charge in [0, 0.05) is 31.4 Å². The molecule has 1 amide bonds. The van der Waals surface area contributed by atoms with Crippen LogP contribution in [0.15, 0.2) is 60.8 Å². The summed E-state index contributed by atoms with van der Waals surface area (Å²) in [5, 5.41) is 3.06. The van der Waals surface area contributed by atoms with E-state index in [-0.39, 0.29) is 5.78 Å². The Morgan fingerprint density at radius 3 is 2.06 bits per heavy atom. The van der Waals surface area contributed by atoms with Gasteiger partial charge in [0.1, 0.15) is 5.60 Å². The van der Waals surface area contributed by atoms with Crippen molar-refractivity contribution in [1.82, 2.24) is 10.2 Å². The van der Waals surface area contributed by atoms with Crippen molar-refractivity contribution in [3.8, 4) is 0 Å². The van der Waals surface area contributed by atoms with Gasteiger partial charge in [0.25, 0.3) is 0 Å². The van der Waals surface area contributed by atoms with Crippen LogP contribution in [0.5, 0.6) is 0 Å². The van der Waals surface area contributed by atoms with E-state index >= 15 is 0 Å². The third kappa shape index (κ3) is 5.54.